The van der Waals surface area contributed by atoms with Gasteiger partial charge >= 0.3 is 0 Å². The van der Waals surface area contributed by atoms with Crippen molar-refractivity contribution < 1.29 is 0 Å². The summed E-state index contributed by atoms with van der Waals surface area (Å²) in [4.78, 5) is 20.3. The quantitative estimate of drug-likeness (QED) is 0.632. The molecule has 0 unspecified atom stereocenters. The first-order chi connectivity index (χ1) is 6.79. The zero-order valence-electron chi connectivity index (χ0n) is 8.21. The molecule has 1 aromatic heterocycles. The van der Waals surface area contributed by atoms with Crippen LogP contribution in [0.1, 0.15) is 5.56 Å². The maximum absolute atomic E-state index is 11.3. The van der Waals surface area contributed by atoms with E-state index in [0.29, 0.717) is 5.56 Å². The molecule has 0 atom stereocenters. The van der Waals surface area contributed by atoms with Crippen molar-refractivity contribution in [3.05, 3.63) is 22.2 Å². The zero-order valence-corrected chi connectivity index (χ0v) is 8.21. The number of aromatic nitrogens is 2. The second-order valence-corrected chi connectivity index (χ2v) is 3.42. The van der Waals surface area contributed by atoms with Crippen LogP contribution in [-0.2, 0) is 0 Å². The number of nitrogens with zero attached hydrogens (tertiary/aromatic N) is 2. The first-order valence-electron chi connectivity index (χ1n) is 4.79. The molecule has 0 spiro atoms. The lowest BCUT2D eigenvalue weighted by molar-refractivity contribution is 0.583. The molecule has 2 N–H and O–H groups in total. The van der Waals surface area contributed by atoms with Crippen molar-refractivity contribution in [3.63, 3.8) is 0 Å². The van der Waals surface area contributed by atoms with E-state index >= 15 is 0 Å². The number of H-pyrrole nitrogens is 1. The highest BCUT2D eigenvalue weighted by molar-refractivity contribution is 5.44. The summed E-state index contributed by atoms with van der Waals surface area (Å²) in [5.41, 5.74) is 0.655. The number of nitrogens with one attached hydrogen (secondary N) is 2. The van der Waals surface area contributed by atoms with Gasteiger partial charge in [0, 0.05) is 26.2 Å². The molecule has 1 aromatic rings. The Hall–Kier alpha value is -1.36. The molecule has 1 aliphatic rings. The summed E-state index contributed by atoms with van der Waals surface area (Å²) >= 11 is 0. The van der Waals surface area contributed by atoms with Gasteiger partial charge in [0.15, 0.2) is 0 Å². The lowest BCUT2D eigenvalue weighted by Gasteiger charge is -2.28. The first-order valence-corrected chi connectivity index (χ1v) is 4.79. The van der Waals surface area contributed by atoms with Crippen LogP contribution < -0.4 is 15.8 Å². The van der Waals surface area contributed by atoms with Gasteiger partial charge in [-0.3, -0.25) is 4.79 Å². The fourth-order valence-corrected chi connectivity index (χ4v) is 1.65. The second-order valence-electron chi connectivity index (χ2n) is 3.42. The Morgan fingerprint density at radius 1 is 1.43 bits per heavy atom. The van der Waals surface area contributed by atoms with Crippen LogP contribution in [0.4, 0.5) is 5.82 Å². The van der Waals surface area contributed by atoms with E-state index in [1.807, 2.05) is 6.92 Å². The van der Waals surface area contributed by atoms with Gasteiger partial charge in [-0.1, -0.05) is 0 Å². The molecular formula is C9H14N4O. The van der Waals surface area contributed by atoms with E-state index in [9.17, 15) is 4.79 Å². The molecule has 1 saturated heterocycles. The molecule has 0 saturated carbocycles. The molecule has 0 bridgehead atoms. The predicted octanol–water partition coefficient (Wildman–Crippen LogP) is -0.512. The fourth-order valence-electron chi connectivity index (χ4n) is 1.65. The smallest absolute Gasteiger partial charge is 0.255 e. The van der Waals surface area contributed by atoms with Gasteiger partial charge < -0.3 is 15.2 Å². The standard InChI is InChI=1S/C9H14N4O/c1-7-8(11-6-12-9(7)14)13-4-2-10-3-5-13/h6,10H,2-5H2,1H3,(H,11,12,14). The van der Waals surface area contributed by atoms with Crippen LogP contribution in [-0.4, -0.2) is 36.1 Å². The minimum absolute atomic E-state index is 0.0477. The maximum Gasteiger partial charge on any atom is 0.255 e. The van der Waals surface area contributed by atoms with Gasteiger partial charge in [0.05, 0.1) is 11.9 Å². The van der Waals surface area contributed by atoms with Gasteiger partial charge in [-0.25, -0.2) is 4.98 Å². The van der Waals surface area contributed by atoms with Crippen LogP contribution in [0, 0.1) is 6.92 Å². The maximum atomic E-state index is 11.3. The van der Waals surface area contributed by atoms with Gasteiger partial charge in [-0.05, 0) is 6.92 Å². The summed E-state index contributed by atoms with van der Waals surface area (Å²) in [6, 6.07) is 0. The number of aromatic amines is 1. The van der Waals surface area contributed by atoms with Crippen LogP contribution >= 0.6 is 0 Å². The number of hydrogen-bond acceptors (Lipinski definition) is 4. The summed E-state index contributed by atoms with van der Waals surface area (Å²) < 4.78 is 0. The molecule has 0 aliphatic carbocycles. The molecule has 76 valence electrons. The molecule has 2 heterocycles. The SMILES string of the molecule is Cc1c(N2CCNCC2)nc[nH]c1=O. The van der Waals surface area contributed by atoms with E-state index in [4.69, 9.17) is 0 Å². The largest absolute Gasteiger partial charge is 0.354 e. The van der Waals surface area contributed by atoms with Gasteiger partial charge in [-0.2, -0.15) is 0 Å². The lowest BCUT2D eigenvalue weighted by atomic mass is 10.3. The van der Waals surface area contributed by atoms with Gasteiger partial charge in [-0.15, -0.1) is 0 Å². The molecule has 0 aromatic carbocycles. The van der Waals surface area contributed by atoms with Crippen molar-refractivity contribution in [2.45, 2.75) is 6.92 Å². The van der Waals surface area contributed by atoms with Crippen LogP contribution in [0.25, 0.3) is 0 Å². The third kappa shape index (κ3) is 1.63. The Morgan fingerprint density at radius 2 is 2.14 bits per heavy atom. The Morgan fingerprint density at radius 3 is 2.86 bits per heavy atom. The number of piperazine rings is 1. The summed E-state index contributed by atoms with van der Waals surface area (Å²) in [6.07, 6.45) is 1.46. The number of hydrogen-bond donors (Lipinski definition) is 2. The fraction of sp³-hybridized carbons (Fsp3) is 0.556. The third-order valence-corrected chi connectivity index (χ3v) is 2.48. The minimum Gasteiger partial charge on any atom is -0.354 e. The van der Waals surface area contributed by atoms with Gasteiger partial charge in [0.2, 0.25) is 0 Å². The van der Waals surface area contributed by atoms with E-state index in [1.165, 1.54) is 6.33 Å². The molecule has 14 heavy (non-hydrogen) atoms. The van der Waals surface area contributed by atoms with Crippen molar-refractivity contribution in [2.75, 3.05) is 31.1 Å². The number of rotatable bonds is 1. The predicted molar refractivity (Wildman–Crippen MR) is 54.7 cm³/mol. The van der Waals surface area contributed by atoms with Crippen molar-refractivity contribution in [2.24, 2.45) is 0 Å². The first kappa shape index (κ1) is 9.21. The summed E-state index contributed by atoms with van der Waals surface area (Å²) in [6.45, 7) is 5.54. The van der Waals surface area contributed by atoms with E-state index < -0.39 is 0 Å². The average Bonchev–Trinajstić information content (AvgIpc) is 2.23. The topological polar surface area (TPSA) is 61.0 Å². The Kier molecular flexibility index (Phi) is 2.49. The van der Waals surface area contributed by atoms with Crippen molar-refractivity contribution in [1.82, 2.24) is 15.3 Å². The summed E-state index contributed by atoms with van der Waals surface area (Å²) in [5, 5.41) is 3.26. The Labute approximate surface area is 82.2 Å². The molecule has 0 amide bonds. The van der Waals surface area contributed by atoms with Crippen molar-refractivity contribution >= 4 is 5.82 Å². The van der Waals surface area contributed by atoms with Crippen LogP contribution in [0.15, 0.2) is 11.1 Å². The molecular weight excluding hydrogens is 180 g/mol. The molecule has 5 nitrogen and oxygen atoms in total. The van der Waals surface area contributed by atoms with Crippen molar-refractivity contribution in [3.8, 4) is 0 Å². The van der Waals surface area contributed by atoms with Crippen molar-refractivity contribution in [1.29, 1.82) is 0 Å². The lowest BCUT2D eigenvalue weighted by Crippen LogP contribution is -2.44. The van der Waals surface area contributed by atoms with E-state index in [1.54, 1.807) is 0 Å². The highest BCUT2D eigenvalue weighted by Gasteiger charge is 2.14. The Balaban J connectivity index is 2.30. The highest BCUT2D eigenvalue weighted by Crippen LogP contribution is 2.11. The van der Waals surface area contributed by atoms with E-state index in [2.05, 4.69) is 20.2 Å². The van der Waals surface area contributed by atoms with Crippen LogP contribution in [0.2, 0.25) is 0 Å². The monoisotopic (exact) mass is 194 g/mol. The minimum atomic E-state index is -0.0477. The van der Waals surface area contributed by atoms with Crippen LogP contribution in [0.5, 0.6) is 0 Å². The summed E-state index contributed by atoms with van der Waals surface area (Å²) in [5.74, 6) is 0.815. The molecule has 1 fully saturated rings. The second kappa shape index (κ2) is 3.79. The van der Waals surface area contributed by atoms with Gasteiger partial charge in [0.1, 0.15) is 5.82 Å². The normalized spacial score (nSPS) is 17.1. The zero-order chi connectivity index (χ0) is 9.97. The number of anilines is 1. The molecule has 1 aliphatic heterocycles. The summed E-state index contributed by atoms with van der Waals surface area (Å²) in [7, 11) is 0. The molecule has 2 rings (SSSR count). The van der Waals surface area contributed by atoms with E-state index in [0.717, 1.165) is 32.0 Å². The third-order valence-electron chi connectivity index (χ3n) is 2.48. The molecule has 0 radical (unpaired) electrons. The van der Waals surface area contributed by atoms with Crippen LogP contribution in [0.3, 0.4) is 0 Å². The molecule has 5 heteroatoms. The highest BCUT2D eigenvalue weighted by atomic mass is 16.1. The van der Waals surface area contributed by atoms with E-state index in [-0.39, 0.29) is 5.56 Å². The van der Waals surface area contributed by atoms with Gasteiger partial charge in [0.25, 0.3) is 5.56 Å². The Bertz CT molecular complexity index is 367. The average molecular weight is 194 g/mol.